The summed E-state index contributed by atoms with van der Waals surface area (Å²) >= 11 is 0. The Balaban J connectivity index is 1.78. The van der Waals surface area contributed by atoms with E-state index >= 15 is 0 Å². The molecule has 130 valence electrons. The Hall–Kier alpha value is -3.73. The highest BCUT2D eigenvalue weighted by Crippen LogP contribution is 2.41. The molecule has 0 saturated carbocycles. The van der Waals surface area contributed by atoms with Crippen molar-refractivity contribution in [1.82, 2.24) is 9.97 Å². The molecule has 0 amide bonds. The SMILES string of the molecule is COc1ccccc1Nc1ccc2ncnc3c2c1C(=O)c1ccccc1-3. The zero-order valence-corrected chi connectivity index (χ0v) is 14.6. The molecule has 0 saturated heterocycles. The first-order valence-electron chi connectivity index (χ1n) is 8.60. The molecule has 0 bridgehead atoms. The zero-order valence-electron chi connectivity index (χ0n) is 14.6. The van der Waals surface area contributed by atoms with Gasteiger partial charge in [0.25, 0.3) is 0 Å². The fraction of sp³-hybridized carbons (Fsp3) is 0.0455. The Morgan fingerprint density at radius 3 is 2.48 bits per heavy atom. The van der Waals surface area contributed by atoms with Gasteiger partial charge in [-0.15, -0.1) is 0 Å². The summed E-state index contributed by atoms with van der Waals surface area (Å²) < 4.78 is 5.43. The van der Waals surface area contributed by atoms with E-state index in [-0.39, 0.29) is 5.78 Å². The lowest BCUT2D eigenvalue weighted by Crippen LogP contribution is -2.13. The van der Waals surface area contributed by atoms with Gasteiger partial charge >= 0.3 is 0 Å². The van der Waals surface area contributed by atoms with Gasteiger partial charge in [0.1, 0.15) is 12.1 Å². The molecule has 0 spiro atoms. The second kappa shape index (κ2) is 5.92. The minimum Gasteiger partial charge on any atom is -0.495 e. The number of carbonyl (C=O) groups is 1. The molecule has 5 rings (SSSR count). The summed E-state index contributed by atoms with van der Waals surface area (Å²) in [6.07, 6.45) is 1.54. The van der Waals surface area contributed by atoms with Gasteiger partial charge in [-0.05, 0) is 24.3 Å². The van der Waals surface area contributed by atoms with Gasteiger partial charge in [0.2, 0.25) is 0 Å². The minimum atomic E-state index is -0.0316. The molecule has 0 atom stereocenters. The number of nitrogens with zero attached hydrogens (tertiary/aromatic N) is 2. The molecule has 5 nitrogen and oxygen atoms in total. The summed E-state index contributed by atoms with van der Waals surface area (Å²) in [4.78, 5) is 22.2. The van der Waals surface area contributed by atoms with E-state index < -0.39 is 0 Å². The first-order valence-corrected chi connectivity index (χ1v) is 8.60. The summed E-state index contributed by atoms with van der Waals surface area (Å²) in [6, 6.07) is 19.0. The Bertz CT molecular complexity index is 1220. The summed E-state index contributed by atoms with van der Waals surface area (Å²) in [7, 11) is 1.62. The van der Waals surface area contributed by atoms with Crippen molar-refractivity contribution in [3.63, 3.8) is 0 Å². The quantitative estimate of drug-likeness (QED) is 0.514. The highest BCUT2D eigenvalue weighted by molar-refractivity contribution is 6.27. The van der Waals surface area contributed by atoms with E-state index in [2.05, 4.69) is 15.3 Å². The van der Waals surface area contributed by atoms with Crippen LogP contribution in [0.3, 0.4) is 0 Å². The standard InChI is InChI=1S/C22H15N3O2/c1-27-18-9-5-4-8-15(18)25-17-11-10-16-19-20(17)22(26)14-7-3-2-6-13(14)21(19)24-12-23-16/h2-12,25H,1H3. The number of anilines is 2. The fourth-order valence-corrected chi connectivity index (χ4v) is 3.61. The number of aromatic nitrogens is 2. The molecule has 1 heterocycles. The van der Waals surface area contributed by atoms with Crippen molar-refractivity contribution >= 4 is 28.1 Å². The number of nitrogens with one attached hydrogen (secondary N) is 1. The molecule has 0 radical (unpaired) electrons. The third-order valence-electron chi connectivity index (χ3n) is 4.83. The predicted octanol–water partition coefficient (Wildman–Crippen LogP) is 4.59. The number of ether oxygens (including phenoxy) is 1. The molecule has 1 N–H and O–H groups in total. The molecule has 1 aliphatic carbocycles. The number of fused-ring (bicyclic) bond motifs is 2. The van der Waals surface area contributed by atoms with Crippen LogP contribution in [0.1, 0.15) is 15.9 Å². The van der Waals surface area contributed by atoms with Gasteiger partial charge in [0.15, 0.2) is 5.78 Å². The molecular weight excluding hydrogens is 338 g/mol. The van der Waals surface area contributed by atoms with E-state index in [0.717, 1.165) is 27.8 Å². The van der Waals surface area contributed by atoms with Crippen LogP contribution in [0.4, 0.5) is 11.4 Å². The van der Waals surface area contributed by atoms with E-state index in [0.29, 0.717) is 22.6 Å². The minimum absolute atomic E-state index is 0.0316. The van der Waals surface area contributed by atoms with Gasteiger partial charge in [-0.25, -0.2) is 9.97 Å². The van der Waals surface area contributed by atoms with Crippen molar-refractivity contribution < 1.29 is 9.53 Å². The second-order valence-corrected chi connectivity index (χ2v) is 6.30. The smallest absolute Gasteiger partial charge is 0.196 e. The molecule has 0 fully saturated rings. The highest BCUT2D eigenvalue weighted by Gasteiger charge is 2.29. The van der Waals surface area contributed by atoms with Crippen LogP contribution in [0.2, 0.25) is 0 Å². The number of carbonyl (C=O) groups excluding carboxylic acids is 1. The monoisotopic (exact) mass is 353 g/mol. The number of benzene rings is 3. The van der Waals surface area contributed by atoms with Crippen molar-refractivity contribution in [2.24, 2.45) is 0 Å². The maximum atomic E-state index is 13.3. The molecule has 0 unspecified atom stereocenters. The van der Waals surface area contributed by atoms with Crippen molar-refractivity contribution in [3.8, 4) is 17.0 Å². The van der Waals surface area contributed by atoms with E-state index in [1.807, 2.05) is 60.7 Å². The van der Waals surface area contributed by atoms with Gasteiger partial charge in [0.05, 0.1) is 35.3 Å². The molecular formula is C22H15N3O2. The van der Waals surface area contributed by atoms with Crippen LogP contribution in [0.5, 0.6) is 5.75 Å². The summed E-state index contributed by atoms with van der Waals surface area (Å²) in [6.45, 7) is 0. The van der Waals surface area contributed by atoms with Crippen LogP contribution in [0, 0.1) is 0 Å². The maximum Gasteiger partial charge on any atom is 0.196 e. The lowest BCUT2D eigenvalue weighted by Gasteiger charge is -2.21. The van der Waals surface area contributed by atoms with Gasteiger partial charge in [-0.1, -0.05) is 36.4 Å². The van der Waals surface area contributed by atoms with Crippen LogP contribution >= 0.6 is 0 Å². The lowest BCUT2D eigenvalue weighted by atomic mass is 9.86. The van der Waals surface area contributed by atoms with E-state index in [1.165, 1.54) is 0 Å². The number of para-hydroxylation sites is 2. The van der Waals surface area contributed by atoms with Crippen molar-refractivity contribution in [1.29, 1.82) is 0 Å². The van der Waals surface area contributed by atoms with Gasteiger partial charge in [0, 0.05) is 16.5 Å². The van der Waals surface area contributed by atoms with Gasteiger partial charge in [-0.2, -0.15) is 0 Å². The molecule has 1 aromatic heterocycles. The third-order valence-corrected chi connectivity index (χ3v) is 4.83. The third kappa shape index (κ3) is 2.29. The Labute approximate surface area is 155 Å². The van der Waals surface area contributed by atoms with Crippen LogP contribution in [-0.2, 0) is 0 Å². The molecule has 5 heteroatoms. The first-order chi connectivity index (χ1) is 13.3. The second-order valence-electron chi connectivity index (χ2n) is 6.30. The average Bonchev–Trinajstić information content (AvgIpc) is 2.73. The average molecular weight is 353 g/mol. The number of methoxy groups -OCH3 is 1. The predicted molar refractivity (Wildman–Crippen MR) is 105 cm³/mol. The van der Waals surface area contributed by atoms with Crippen molar-refractivity contribution in [3.05, 3.63) is 78.1 Å². The van der Waals surface area contributed by atoms with Gasteiger partial charge in [-0.3, -0.25) is 4.79 Å². The van der Waals surface area contributed by atoms with Crippen molar-refractivity contribution in [2.75, 3.05) is 12.4 Å². The van der Waals surface area contributed by atoms with Crippen LogP contribution in [0.15, 0.2) is 67.0 Å². The van der Waals surface area contributed by atoms with Crippen LogP contribution in [-0.4, -0.2) is 22.9 Å². The number of ketones is 1. The number of hydrogen-bond donors (Lipinski definition) is 1. The van der Waals surface area contributed by atoms with E-state index in [1.54, 1.807) is 13.4 Å². The molecule has 3 aromatic carbocycles. The molecule has 1 aliphatic rings. The van der Waals surface area contributed by atoms with E-state index in [4.69, 9.17) is 4.74 Å². The van der Waals surface area contributed by atoms with Crippen molar-refractivity contribution in [2.45, 2.75) is 0 Å². The topological polar surface area (TPSA) is 64.1 Å². The molecule has 27 heavy (non-hydrogen) atoms. The number of hydrogen-bond acceptors (Lipinski definition) is 5. The summed E-state index contributed by atoms with van der Waals surface area (Å²) in [5, 5.41) is 4.13. The number of rotatable bonds is 3. The van der Waals surface area contributed by atoms with Gasteiger partial charge < -0.3 is 10.1 Å². The van der Waals surface area contributed by atoms with E-state index in [9.17, 15) is 4.79 Å². The Morgan fingerprint density at radius 2 is 1.63 bits per heavy atom. The maximum absolute atomic E-state index is 13.3. The Morgan fingerprint density at radius 1 is 0.852 bits per heavy atom. The zero-order chi connectivity index (χ0) is 18.4. The largest absolute Gasteiger partial charge is 0.495 e. The fourth-order valence-electron chi connectivity index (χ4n) is 3.61. The molecule has 4 aromatic rings. The highest BCUT2D eigenvalue weighted by atomic mass is 16.5. The Kier molecular flexibility index (Phi) is 3.40. The summed E-state index contributed by atoms with van der Waals surface area (Å²) in [5.74, 6) is 0.675. The normalized spacial score (nSPS) is 12.0. The van der Waals surface area contributed by atoms with Crippen LogP contribution < -0.4 is 10.1 Å². The molecule has 0 aliphatic heterocycles. The van der Waals surface area contributed by atoms with Crippen LogP contribution in [0.25, 0.3) is 22.2 Å². The summed E-state index contributed by atoms with van der Waals surface area (Å²) in [5.41, 5.74) is 5.13. The first kappa shape index (κ1) is 15.5. The lowest BCUT2D eigenvalue weighted by molar-refractivity contribution is 0.104.